The first-order chi connectivity index (χ1) is 35.2. The van der Waals surface area contributed by atoms with Crippen molar-refractivity contribution in [2.45, 2.75) is 6.54 Å². The summed E-state index contributed by atoms with van der Waals surface area (Å²) in [4.78, 5) is 10.0. The van der Waals surface area contributed by atoms with Crippen molar-refractivity contribution in [3.63, 3.8) is 0 Å². The highest BCUT2D eigenvalue weighted by atomic mass is 15.0. The molecule has 3 aromatic heterocycles. The lowest BCUT2D eigenvalue weighted by molar-refractivity contribution is 0.855. The summed E-state index contributed by atoms with van der Waals surface area (Å²) in [5, 5.41) is 14.4. The number of nitrogens with one attached hydrogen (secondary N) is 1. The van der Waals surface area contributed by atoms with Gasteiger partial charge in [-0.25, -0.2) is 0 Å². The summed E-state index contributed by atoms with van der Waals surface area (Å²) in [7, 11) is 0. The molecule has 4 heteroatoms. The molecule has 332 valence electrons. The van der Waals surface area contributed by atoms with Crippen molar-refractivity contribution in [2.24, 2.45) is 0 Å². The number of hydrogen-bond donors (Lipinski definition) is 1. The summed E-state index contributed by atoms with van der Waals surface area (Å²) < 4.78 is 2.30. The summed E-state index contributed by atoms with van der Waals surface area (Å²) in [5.41, 5.74) is 18.2. The number of hydrogen-bond acceptors (Lipinski definition) is 3. The Bertz CT molecular complexity index is 4250. The van der Waals surface area contributed by atoms with Gasteiger partial charge in [-0.3, -0.25) is 9.97 Å². The highest BCUT2D eigenvalue weighted by Crippen LogP contribution is 2.46. The summed E-state index contributed by atoms with van der Waals surface area (Å²) in [6.07, 6.45) is 8.14. The molecule has 0 spiro atoms. The molecule has 0 radical (unpaired) electrons. The van der Waals surface area contributed by atoms with Crippen LogP contribution in [-0.4, -0.2) is 14.5 Å². The predicted molar refractivity (Wildman–Crippen MR) is 297 cm³/mol. The first-order valence-corrected chi connectivity index (χ1v) is 24.3. The molecule has 4 nitrogen and oxygen atoms in total. The lowest BCUT2D eigenvalue weighted by atomic mass is 9.84. The number of para-hydroxylation sites is 1. The van der Waals surface area contributed by atoms with Gasteiger partial charge in [0.15, 0.2) is 0 Å². The fourth-order valence-corrected chi connectivity index (χ4v) is 11.1. The quantitative estimate of drug-likeness (QED) is 0.162. The molecule has 0 amide bonds. The Labute approximate surface area is 411 Å². The summed E-state index contributed by atoms with van der Waals surface area (Å²) >= 11 is 0. The van der Waals surface area contributed by atoms with Gasteiger partial charge in [0, 0.05) is 29.3 Å². The van der Waals surface area contributed by atoms with Crippen LogP contribution >= 0.6 is 0 Å². The van der Waals surface area contributed by atoms with Gasteiger partial charge in [-0.05, 0) is 160 Å². The lowest BCUT2D eigenvalue weighted by Gasteiger charge is -2.19. The van der Waals surface area contributed by atoms with E-state index in [1.807, 2.05) is 18.6 Å². The van der Waals surface area contributed by atoms with Crippen molar-refractivity contribution < 1.29 is 0 Å². The molecular formula is C67H44N4. The second-order valence-electron chi connectivity index (χ2n) is 18.6. The van der Waals surface area contributed by atoms with Crippen LogP contribution in [0.2, 0.25) is 0 Å². The van der Waals surface area contributed by atoms with E-state index in [1.165, 1.54) is 110 Å². The van der Waals surface area contributed by atoms with Crippen LogP contribution in [0.25, 0.3) is 133 Å². The molecule has 1 N–H and O–H groups in total. The molecule has 0 saturated heterocycles. The molecule has 13 aromatic rings. The number of pyridine rings is 2. The Balaban J connectivity index is 0.889. The highest BCUT2D eigenvalue weighted by molar-refractivity contribution is 6.22. The van der Waals surface area contributed by atoms with Crippen LogP contribution in [0.15, 0.2) is 243 Å². The van der Waals surface area contributed by atoms with Gasteiger partial charge < -0.3 is 9.88 Å². The molecule has 1 aliphatic heterocycles. The maximum atomic E-state index is 5.04. The van der Waals surface area contributed by atoms with Crippen LogP contribution in [0.5, 0.6) is 0 Å². The van der Waals surface area contributed by atoms with E-state index < -0.39 is 0 Å². The van der Waals surface area contributed by atoms with Gasteiger partial charge in [-0.15, -0.1) is 0 Å². The second-order valence-corrected chi connectivity index (χ2v) is 18.6. The van der Waals surface area contributed by atoms with Crippen LogP contribution in [0, 0.1) is 0 Å². The Morgan fingerprint density at radius 3 is 1.42 bits per heavy atom. The van der Waals surface area contributed by atoms with Crippen molar-refractivity contribution in [3.8, 4) is 72.7 Å². The van der Waals surface area contributed by atoms with Crippen molar-refractivity contribution in [3.05, 3.63) is 254 Å². The van der Waals surface area contributed by atoms with E-state index >= 15 is 0 Å². The SMILES string of the molecule is C1=Cc2c(c3ccccc3n2-c2ccc(-c3ccc(-c4ccc5c(-c6ccc7cc(-c8ccccc8)ccc7c6)c6ccccc6c(-c6ccc7cc(-c8ccccc8)ccc7c6)c5c4)cn3)nc2)CN1. The van der Waals surface area contributed by atoms with Gasteiger partial charge in [0.1, 0.15) is 0 Å². The van der Waals surface area contributed by atoms with E-state index in [4.69, 9.17) is 9.97 Å². The molecule has 0 unspecified atom stereocenters. The van der Waals surface area contributed by atoms with Gasteiger partial charge in [-0.2, -0.15) is 0 Å². The fourth-order valence-electron chi connectivity index (χ4n) is 11.1. The zero-order valence-corrected chi connectivity index (χ0v) is 38.7. The van der Waals surface area contributed by atoms with Gasteiger partial charge >= 0.3 is 0 Å². The van der Waals surface area contributed by atoms with Crippen LogP contribution in [0.3, 0.4) is 0 Å². The Hall–Kier alpha value is -9.38. The third kappa shape index (κ3) is 6.99. The smallest absolute Gasteiger partial charge is 0.0887 e. The molecule has 1 aliphatic rings. The van der Waals surface area contributed by atoms with E-state index in [1.54, 1.807) is 0 Å². The number of nitrogens with zero attached hydrogens (tertiary/aromatic N) is 3. The molecular weight excluding hydrogens is 861 g/mol. The van der Waals surface area contributed by atoms with E-state index in [0.29, 0.717) is 0 Å². The van der Waals surface area contributed by atoms with Crippen LogP contribution in [-0.2, 0) is 6.54 Å². The highest BCUT2D eigenvalue weighted by Gasteiger charge is 2.21. The number of benzene rings is 10. The number of aromatic nitrogens is 3. The molecule has 0 bridgehead atoms. The molecule has 0 fully saturated rings. The third-order valence-electron chi connectivity index (χ3n) is 14.5. The molecule has 71 heavy (non-hydrogen) atoms. The monoisotopic (exact) mass is 904 g/mol. The zero-order chi connectivity index (χ0) is 46.8. The van der Waals surface area contributed by atoms with Gasteiger partial charge in [0.05, 0.1) is 34.5 Å². The molecule has 4 heterocycles. The maximum Gasteiger partial charge on any atom is 0.0887 e. The average molecular weight is 905 g/mol. The minimum atomic E-state index is 0.804. The topological polar surface area (TPSA) is 42.7 Å². The molecule has 0 saturated carbocycles. The molecule has 14 rings (SSSR count). The van der Waals surface area contributed by atoms with Gasteiger partial charge in [0.25, 0.3) is 0 Å². The summed E-state index contributed by atoms with van der Waals surface area (Å²) in [5.74, 6) is 0. The van der Waals surface area contributed by atoms with E-state index in [2.05, 4.69) is 240 Å². The number of fused-ring (bicyclic) bond motifs is 7. The Morgan fingerprint density at radius 1 is 0.352 bits per heavy atom. The largest absolute Gasteiger partial charge is 0.387 e. The van der Waals surface area contributed by atoms with Crippen molar-refractivity contribution in [2.75, 3.05) is 0 Å². The summed E-state index contributed by atoms with van der Waals surface area (Å²) in [6, 6.07) is 81.8. The van der Waals surface area contributed by atoms with Crippen LogP contribution < -0.4 is 5.32 Å². The van der Waals surface area contributed by atoms with E-state index in [9.17, 15) is 0 Å². The van der Waals surface area contributed by atoms with E-state index in [-0.39, 0.29) is 0 Å². The first kappa shape index (κ1) is 40.7. The van der Waals surface area contributed by atoms with Crippen molar-refractivity contribution >= 4 is 60.1 Å². The predicted octanol–water partition coefficient (Wildman–Crippen LogP) is 17.1. The zero-order valence-electron chi connectivity index (χ0n) is 38.7. The van der Waals surface area contributed by atoms with Crippen LogP contribution in [0.4, 0.5) is 0 Å². The number of rotatable bonds is 7. The van der Waals surface area contributed by atoms with Crippen LogP contribution in [0.1, 0.15) is 11.3 Å². The molecule has 0 atom stereocenters. The lowest BCUT2D eigenvalue weighted by Crippen LogP contribution is -2.11. The van der Waals surface area contributed by atoms with Crippen molar-refractivity contribution in [1.29, 1.82) is 0 Å². The third-order valence-corrected chi connectivity index (χ3v) is 14.5. The Morgan fingerprint density at radius 2 is 0.831 bits per heavy atom. The normalized spacial score (nSPS) is 12.2. The fraction of sp³-hybridized carbons (Fsp3) is 0.0149. The maximum absolute atomic E-state index is 5.04. The first-order valence-electron chi connectivity index (χ1n) is 24.3. The average Bonchev–Trinajstić information content (AvgIpc) is 3.78. The minimum Gasteiger partial charge on any atom is -0.387 e. The molecule has 0 aliphatic carbocycles. The summed E-state index contributed by atoms with van der Waals surface area (Å²) in [6.45, 7) is 0.804. The van der Waals surface area contributed by atoms with Gasteiger partial charge in [-0.1, -0.05) is 170 Å². The minimum absolute atomic E-state index is 0.804. The van der Waals surface area contributed by atoms with E-state index in [0.717, 1.165) is 34.7 Å². The van der Waals surface area contributed by atoms with Gasteiger partial charge in [0.2, 0.25) is 0 Å². The molecule has 10 aromatic carbocycles. The van der Waals surface area contributed by atoms with Crippen molar-refractivity contribution in [1.82, 2.24) is 19.9 Å². The second kappa shape index (κ2) is 16.7. The Kier molecular flexibility index (Phi) is 9.56. The standard InChI is InChI=1S/C67H44N4/c1-3-11-43(12-4-1)45-19-21-49-37-52(25-23-47(49)35-45)66-57-16-7-8-17-58(57)67(53-26-24-48-36-46(20-22-50(48)38-53)44-13-5-2-6-14-44)60-39-51(27-30-59(60)66)54-28-31-62(69-40-54)63-32-29-55(41-70-63)71-64-18-10-9-15-56(64)61-42-68-34-33-65(61)71/h1-41,68H,42H2.